The van der Waals surface area contributed by atoms with E-state index in [1.165, 1.54) is 39.1 Å². The summed E-state index contributed by atoms with van der Waals surface area (Å²) in [7, 11) is -7.51. The quantitative estimate of drug-likeness (QED) is 0.573. The Morgan fingerprint density at radius 1 is 0.906 bits per heavy atom. The van der Waals surface area contributed by atoms with Crippen LogP contribution in [-0.2, 0) is 31.3 Å². The van der Waals surface area contributed by atoms with E-state index >= 15 is 0 Å². The van der Waals surface area contributed by atoms with E-state index in [4.69, 9.17) is 9.15 Å². The van der Waals surface area contributed by atoms with Gasteiger partial charge in [0.15, 0.2) is 0 Å². The lowest BCUT2D eigenvalue weighted by molar-refractivity contribution is 0.0914. The second-order valence-electron chi connectivity index (χ2n) is 8.30. The van der Waals surface area contributed by atoms with E-state index in [-0.39, 0.29) is 29.0 Å². The van der Waals surface area contributed by atoms with E-state index in [9.17, 15) is 16.8 Å². The number of hydrogen-bond acceptors (Lipinski definition) is 6. The van der Waals surface area contributed by atoms with Crippen molar-refractivity contribution in [2.24, 2.45) is 0 Å². The standard InChI is InChI=1S/C22H30N2O6S2/c25-31(26,23-13-3-1-2-4-14-23)21-9-11-22(12-10-21)32(27,28)24(17-19-7-5-15-29-19)18-20-8-6-16-30-20/h5,7,9-12,15,20H,1-4,6,8,13-14,16-18H2/t20-/m0/s1. The highest BCUT2D eigenvalue weighted by Gasteiger charge is 2.31. The summed E-state index contributed by atoms with van der Waals surface area (Å²) in [6.45, 7) is 1.93. The first-order valence-electron chi connectivity index (χ1n) is 11.1. The summed E-state index contributed by atoms with van der Waals surface area (Å²) < 4.78 is 66.7. The van der Waals surface area contributed by atoms with Gasteiger partial charge in [-0.05, 0) is 62.1 Å². The number of rotatable bonds is 8. The van der Waals surface area contributed by atoms with Gasteiger partial charge in [-0.1, -0.05) is 12.8 Å². The molecular weight excluding hydrogens is 452 g/mol. The molecule has 10 heteroatoms. The van der Waals surface area contributed by atoms with Crippen molar-refractivity contribution in [3.63, 3.8) is 0 Å². The van der Waals surface area contributed by atoms with Crippen molar-refractivity contribution in [3.05, 3.63) is 48.4 Å². The number of hydrogen-bond donors (Lipinski definition) is 0. The minimum absolute atomic E-state index is 0.0527. The van der Waals surface area contributed by atoms with Gasteiger partial charge in [-0.25, -0.2) is 16.8 Å². The lowest BCUT2D eigenvalue weighted by Gasteiger charge is -2.24. The summed E-state index contributed by atoms with van der Waals surface area (Å²) in [6.07, 6.45) is 6.79. The molecule has 0 unspecified atom stereocenters. The van der Waals surface area contributed by atoms with E-state index < -0.39 is 20.0 Å². The van der Waals surface area contributed by atoms with Gasteiger partial charge in [0.2, 0.25) is 20.0 Å². The highest BCUT2D eigenvalue weighted by molar-refractivity contribution is 7.89. The van der Waals surface area contributed by atoms with E-state index in [2.05, 4.69) is 0 Å². The first-order valence-corrected chi connectivity index (χ1v) is 14.0. The van der Waals surface area contributed by atoms with E-state index in [0.29, 0.717) is 25.5 Å². The monoisotopic (exact) mass is 482 g/mol. The van der Waals surface area contributed by atoms with Crippen molar-refractivity contribution in [2.45, 2.75) is 61.0 Å². The molecule has 0 N–H and O–H groups in total. The average molecular weight is 483 g/mol. The predicted molar refractivity (Wildman–Crippen MR) is 119 cm³/mol. The summed E-state index contributed by atoms with van der Waals surface area (Å²) in [5.41, 5.74) is 0. The van der Waals surface area contributed by atoms with Crippen LogP contribution >= 0.6 is 0 Å². The molecule has 0 saturated carbocycles. The normalized spacial score (nSPS) is 21.1. The molecule has 2 aliphatic heterocycles. The van der Waals surface area contributed by atoms with Gasteiger partial charge < -0.3 is 9.15 Å². The molecule has 176 valence electrons. The molecule has 0 amide bonds. The zero-order valence-corrected chi connectivity index (χ0v) is 19.7. The first-order chi connectivity index (χ1) is 15.4. The number of ether oxygens (including phenoxy) is 1. The number of furan rings is 1. The topological polar surface area (TPSA) is 97.1 Å². The molecule has 2 aliphatic rings. The molecule has 1 aromatic heterocycles. The van der Waals surface area contributed by atoms with Crippen molar-refractivity contribution < 1.29 is 26.0 Å². The Bertz CT molecular complexity index is 1070. The van der Waals surface area contributed by atoms with Crippen molar-refractivity contribution in [2.75, 3.05) is 26.2 Å². The lowest BCUT2D eigenvalue weighted by Crippen LogP contribution is -2.37. The van der Waals surface area contributed by atoms with Crippen LogP contribution < -0.4 is 0 Å². The molecule has 0 spiro atoms. The summed E-state index contributed by atoms with van der Waals surface area (Å²) in [5.74, 6) is 0.534. The fourth-order valence-corrected chi connectivity index (χ4v) is 7.16. The average Bonchev–Trinajstić information content (AvgIpc) is 3.42. The third-order valence-corrected chi connectivity index (χ3v) is 9.75. The van der Waals surface area contributed by atoms with Crippen LogP contribution in [-0.4, -0.2) is 57.8 Å². The van der Waals surface area contributed by atoms with Crippen molar-refractivity contribution in [3.8, 4) is 0 Å². The Morgan fingerprint density at radius 2 is 1.59 bits per heavy atom. The maximum atomic E-state index is 13.4. The smallest absolute Gasteiger partial charge is 0.243 e. The highest BCUT2D eigenvalue weighted by Crippen LogP contribution is 2.25. The Hall–Kier alpha value is -1.72. The molecule has 32 heavy (non-hydrogen) atoms. The summed E-state index contributed by atoms with van der Waals surface area (Å²) in [4.78, 5) is 0.173. The minimum Gasteiger partial charge on any atom is -0.468 e. The van der Waals surface area contributed by atoms with Crippen LogP contribution in [0, 0.1) is 0 Å². The Labute approximate surface area is 190 Å². The zero-order valence-electron chi connectivity index (χ0n) is 18.1. The number of nitrogens with zero attached hydrogens (tertiary/aromatic N) is 2. The van der Waals surface area contributed by atoms with Crippen molar-refractivity contribution in [1.29, 1.82) is 0 Å². The Balaban J connectivity index is 1.57. The maximum absolute atomic E-state index is 13.4. The molecule has 8 nitrogen and oxygen atoms in total. The van der Waals surface area contributed by atoms with Crippen LogP contribution in [0.1, 0.15) is 44.3 Å². The van der Waals surface area contributed by atoms with Gasteiger partial charge in [0.05, 0.1) is 28.7 Å². The fourth-order valence-electron chi connectivity index (χ4n) is 4.20. The number of sulfonamides is 2. The van der Waals surface area contributed by atoms with Crippen LogP contribution in [0.25, 0.3) is 0 Å². The third-order valence-electron chi connectivity index (χ3n) is 6.01. The summed E-state index contributed by atoms with van der Waals surface area (Å²) >= 11 is 0. The van der Waals surface area contributed by atoms with Gasteiger partial charge in [0.1, 0.15) is 5.76 Å². The maximum Gasteiger partial charge on any atom is 0.243 e. The molecule has 1 aromatic carbocycles. The Morgan fingerprint density at radius 3 is 2.19 bits per heavy atom. The molecule has 1 atom stereocenters. The third kappa shape index (κ3) is 5.26. The second-order valence-corrected chi connectivity index (χ2v) is 12.2. The molecule has 3 heterocycles. The van der Waals surface area contributed by atoms with Gasteiger partial charge in [-0.2, -0.15) is 8.61 Å². The van der Waals surface area contributed by atoms with Crippen LogP contribution in [0.5, 0.6) is 0 Å². The molecule has 2 saturated heterocycles. The SMILES string of the molecule is O=S(=O)(c1ccc(S(=O)(=O)N(Cc2ccco2)C[C@@H]2CCCO2)cc1)N1CCCCCC1. The highest BCUT2D eigenvalue weighted by atomic mass is 32.2. The van der Waals surface area contributed by atoms with Gasteiger partial charge in [-0.15, -0.1) is 0 Å². The van der Waals surface area contributed by atoms with E-state index in [0.717, 1.165) is 38.5 Å². The van der Waals surface area contributed by atoms with Crippen LogP contribution in [0.3, 0.4) is 0 Å². The Kier molecular flexibility index (Phi) is 7.36. The van der Waals surface area contributed by atoms with E-state index in [1.807, 2.05) is 0 Å². The lowest BCUT2D eigenvalue weighted by atomic mass is 10.2. The zero-order chi connectivity index (χ0) is 22.6. The van der Waals surface area contributed by atoms with E-state index in [1.54, 1.807) is 12.1 Å². The van der Waals surface area contributed by atoms with Gasteiger partial charge in [0.25, 0.3) is 0 Å². The largest absolute Gasteiger partial charge is 0.468 e. The van der Waals surface area contributed by atoms with Crippen LogP contribution in [0.15, 0.2) is 56.9 Å². The van der Waals surface area contributed by atoms with Gasteiger partial charge >= 0.3 is 0 Å². The first kappa shape index (κ1) is 23.4. The second kappa shape index (κ2) is 10.0. The summed E-state index contributed by atoms with van der Waals surface area (Å²) in [6, 6.07) is 8.99. The fraction of sp³-hybridized carbons (Fsp3) is 0.545. The molecule has 0 aliphatic carbocycles. The van der Waals surface area contributed by atoms with Crippen LogP contribution in [0.4, 0.5) is 0 Å². The van der Waals surface area contributed by atoms with Gasteiger partial charge in [0, 0.05) is 26.2 Å². The minimum atomic E-state index is -3.87. The molecule has 2 fully saturated rings. The summed E-state index contributed by atoms with van der Waals surface area (Å²) in [5, 5.41) is 0. The van der Waals surface area contributed by atoms with Crippen molar-refractivity contribution in [1.82, 2.24) is 8.61 Å². The van der Waals surface area contributed by atoms with Crippen LogP contribution in [0.2, 0.25) is 0 Å². The molecule has 0 radical (unpaired) electrons. The molecule has 0 bridgehead atoms. The molecular formula is C22H30N2O6S2. The molecule has 4 rings (SSSR count). The number of benzene rings is 1. The van der Waals surface area contributed by atoms with Gasteiger partial charge in [-0.3, -0.25) is 0 Å². The molecule has 2 aromatic rings. The predicted octanol–water partition coefficient (Wildman–Crippen LogP) is 3.21. The van der Waals surface area contributed by atoms with Crippen molar-refractivity contribution >= 4 is 20.0 Å².